The van der Waals surface area contributed by atoms with Crippen molar-refractivity contribution in [1.82, 2.24) is 15.5 Å². The van der Waals surface area contributed by atoms with Gasteiger partial charge in [0.2, 0.25) is 0 Å². The number of hydrogen-bond donors (Lipinski definition) is 1. The van der Waals surface area contributed by atoms with Crippen molar-refractivity contribution in [1.29, 1.82) is 0 Å². The predicted octanol–water partition coefficient (Wildman–Crippen LogP) is 2.75. The summed E-state index contributed by atoms with van der Waals surface area (Å²) in [7, 11) is 0. The second-order valence-corrected chi connectivity index (χ2v) is 4.25. The highest BCUT2D eigenvalue weighted by Gasteiger charge is 2.16. The van der Waals surface area contributed by atoms with E-state index in [4.69, 9.17) is 4.52 Å². The number of benzene rings is 1. The second-order valence-electron chi connectivity index (χ2n) is 3.39. The maximum atomic E-state index is 13.6. The molecular formula is C11H11BrFN3O. The summed E-state index contributed by atoms with van der Waals surface area (Å²) in [6, 6.07) is 4.69. The van der Waals surface area contributed by atoms with Crippen LogP contribution in [0.5, 0.6) is 0 Å². The Labute approximate surface area is 106 Å². The minimum absolute atomic E-state index is 0.183. The van der Waals surface area contributed by atoms with E-state index in [9.17, 15) is 4.39 Å². The van der Waals surface area contributed by atoms with Gasteiger partial charge < -0.3 is 9.84 Å². The third kappa shape index (κ3) is 2.70. The first-order chi connectivity index (χ1) is 8.22. The molecular weight excluding hydrogens is 289 g/mol. The highest BCUT2D eigenvalue weighted by molar-refractivity contribution is 9.10. The van der Waals surface area contributed by atoms with Crippen LogP contribution in [0.15, 0.2) is 27.2 Å². The van der Waals surface area contributed by atoms with Gasteiger partial charge in [-0.15, -0.1) is 0 Å². The molecule has 1 heterocycles. The van der Waals surface area contributed by atoms with Crippen molar-refractivity contribution in [2.24, 2.45) is 0 Å². The Morgan fingerprint density at radius 2 is 2.29 bits per heavy atom. The molecule has 0 aliphatic heterocycles. The van der Waals surface area contributed by atoms with Gasteiger partial charge in [0.1, 0.15) is 5.82 Å². The Balaban J connectivity index is 2.30. The predicted molar refractivity (Wildman–Crippen MR) is 64.8 cm³/mol. The van der Waals surface area contributed by atoms with E-state index in [-0.39, 0.29) is 5.89 Å². The van der Waals surface area contributed by atoms with Crippen molar-refractivity contribution < 1.29 is 8.91 Å². The molecule has 0 bridgehead atoms. The lowest BCUT2D eigenvalue weighted by molar-refractivity contribution is 0.417. The summed E-state index contributed by atoms with van der Waals surface area (Å²) in [4.78, 5) is 4.13. The summed E-state index contributed by atoms with van der Waals surface area (Å²) in [6.07, 6.45) is 0. The van der Waals surface area contributed by atoms with Crippen molar-refractivity contribution in [3.63, 3.8) is 0 Å². The maximum Gasteiger partial charge on any atom is 0.262 e. The van der Waals surface area contributed by atoms with Crippen LogP contribution in [-0.4, -0.2) is 16.7 Å². The minimum atomic E-state index is -0.391. The molecule has 0 fully saturated rings. The number of rotatable bonds is 4. The van der Waals surface area contributed by atoms with Gasteiger partial charge in [0.15, 0.2) is 5.82 Å². The van der Waals surface area contributed by atoms with Crippen LogP contribution in [0, 0.1) is 5.82 Å². The molecule has 1 aromatic heterocycles. The third-order valence-corrected chi connectivity index (χ3v) is 2.84. The minimum Gasteiger partial charge on any atom is -0.334 e. The Morgan fingerprint density at radius 3 is 3.00 bits per heavy atom. The quantitative estimate of drug-likeness (QED) is 0.943. The number of aromatic nitrogens is 2. The van der Waals surface area contributed by atoms with E-state index in [2.05, 4.69) is 31.4 Å². The number of nitrogens with zero attached hydrogens (tertiary/aromatic N) is 2. The van der Waals surface area contributed by atoms with E-state index in [1.807, 2.05) is 6.92 Å². The van der Waals surface area contributed by atoms with Crippen molar-refractivity contribution in [2.45, 2.75) is 13.5 Å². The summed E-state index contributed by atoms with van der Waals surface area (Å²) in [5.74, 6) is 0.304. The maximum absolute atomic E-state index is 13.6. The van der Waals surface area contributed by atoms with E-state index in [0.29, 0.717) is 22.4 Å². The smallest absolute Gasteiger partial charge is 0.262 e. The zero-order valence-corrected chi connectivity index (χ0v) is 10.8. The van der Waals surface area contributed by atoms with Crippen LogP contribution in [0.4, 0.5) is 4.39 Å². The van der Waals surface area contributed by atoms with Gasteiger partial charge >= 0.3 is 0 Å². The molecule has 0 spiro atoms. The van der Waals surface area contributed by atoms with Crippen molar-refractivity contribution in [3.8, 4) is 11.5 Å². The normalized spacial score (nSPS) is 10.8. The lowest BCUT2D eigenvalue weighted by atomic mass is 10.2. The molecule has 0 radical (unpaired) electrons. The molecule has 17 heavy (non-hydrogen) atoms. The van der Waals surface area contributed by atoms with Gasteiger partial charge in [-0.2, -0.15) is 4.98 Å². The number of nitrogens with one attached hydrogen (secondary N) is 1. The molecule has 4 nitrogen and oxygen atoms in total. The molecule has 0 aliphatic carbocycles. The van der Waals surface area contributed by atoms with Crippen LogP contribution in [0.1, 0.15) is 12.7 Å². The average molecular weight is 300 g/mol. The molecule has 0 aliphatic rings. The first-order valence-corrected chi connectivity index (χ1v) is 5.99. The van der Waals surface area contributed by atoms with Crippen molar-refractivity contribution in [2.75, 3.05) is 6.54 Å². The first-order valence-electron chi connectivity index (χ1n) is 5.20. The Morgan fingerprint density at radius 1 is 1.47 bits per heavy atom. The molecule has 6 heteroatoms. The van der Waals surface area contributed by atoms with E-state index < -0.39 is 5.82 Å². The highest BCUT2D eigenvalue weighted by Crippen LogP contribution is 2.29. The van der Waals surface area contributed by atoms with E-state index >= 15 is 0 Å². The van der Waals surface area contributed by atoms with Crippen LogP contribution in [0.3, 0.4) is 0 Å². The van der Waals surface area contributed by atoms with Crippen molar-refractivity contribution >= 4 is 15.9 Å². The molecule has 0 saturated carbocycles. The van der Waals surface area contributed by atoms with Crippen molar-refractivity contribution in [3.05, 3.63) is 34.3 Å². The summed E-state index contributed by atoms with van der Waals surface area (Å²) in [5.41, 5.74) is 0.294. The van der Waals surface area contributed by atoms with Gasteiger partial charge in [-0.25, -0.2) is 4.39 Å². The fourth-order valence-electron chi connectivity index (χ4n) is 1.37. The van der Waals surface area contributed by atoms with Gasteiger partial charge in [-0.1, -0.05) is 18.1 Å². The standard InChI is InChI=1S/C11H11BrFN3O/c1-2-14-6-9-15-11(17-16-9)10-7(12)4-3-5-8(10)13/h3-5,14H,2,6H2,1H3. The van der Waals surface area contributed by atoms with Crippen LogP contribution < -0.4 is 5.32 Å². The third-order valence-electron chi connectivity index (χ3n) is 2.18. The van der Waals surface area contributed by atoms with Crippen LogP contribution in [0.25, 0.3) is 11.5 Å². The monoisotopic (exact) mass is 299 g/mol. The SMILES string of the molecule is CCNCc1noc(-c2c(F)cccc2Br)n1. The lowest BCUT2D eigenvalue weighted by Gasteiger charge is -1.99. The summed E-state index contributed by atoms with van der Waals surface area (Å²) < 4.78 is 19.3. The molecule has 2 rings (SSSR count). The average Bonchev–Trinajstić information content (AvgIpc) is 2.75. The molecule has 2 aromatic rings. The second kappa shape index (κ2) is 5.37. The Hall–Kier alpha value is -1.27. The largest absolute Gasteiger partial charge is 0.334 e. The molecule has 0 amide bonds. The van der Waals surface area contributed by atoms with E-state index in [1.54, 1.807) is 12.1 Å². The number of hydrogen-bond acceptors (Lipinski definition) is 4. The number of halogens is 2. The zero-order chi connectivity index (χ0) is 12.3. The molecule has 0 unspecified atom stereocenters. The topological polar surface area (TPSA) is 51.0 Å². The van der Waals surface area contributed by atoms with E-state index in [0.717, 1.165) is 6.54 Å². The molecule has 0 atom stereocenters. The Bertz CT molecular complexity index is 495. The summed E-state index contributed by atoms with van der Waals surface area (Å²) >= 11 is 3.26. The lowest BCUT2D eigenvalue weighted by Crippen LogP contribution is -2.12. The molecule has 0 saturated heterocycles. The summed E-state index contributed by atoms with van der Waals surface area (Å²) in [5, 5.41) is 6.84. The van der Waals surface area contributed by atoms with Crippen LogP contribution >= 0.6 is 15.9 Å². The van der Waals surface area contributed by atoms with E-state index in [1.165, 1.54) is 6.07 Å². The zero-order valence-electron chi connectivity index (χ0n) is 9.20. The van der Waals surface area contributed by atoms with Crippen LogP contribution in [0.2, 0.25) is 0 Å². The molecule has 90 valence electrons. The fourth-order valence-corrected chi connectivity index (χ4v) is 1.88. The van der Waals surface area contributed by atoms with Gasteiger partial charge in [0.25, 0.3) is 5.89 Å². The molecule has 1 aromatic carbocycles. The highest BCUT2D eigenvalue weighted by atomic mass is 79.9. The fraction of sp³-hybridized carbons (Fsp3) is 0.273. The molecule has 1 N–H and O–H groups in total. The van der Waals surface area contributed by atoms with Gasteiger partial charge in [-0.3, -0.25) is 0 Å². The van der Waals surface area contributed by atoms with Gasteiger partial charge in [0, 0.05) is 4.47 Å². The van der Waals surface area contributed by atoms with Gasteiger partial charge in [0.05, 0.1) is 12.1 Å². The Kier molecular flexibility index (Phi) is 3.86. The first kappa shape index (κ1) is 12.2. The van der Waals surface area contributed by atoms with Gasteiger partial charge in [-0.05, 0) is 34.6 Å². The summed E-state index contributed by atoms with van der Waals surface area (Å²) in [6.45, 7) is 3.30. The van der Waals surface area contributed by atoms with Crippen LogP contribution in [-0.2, 0) is 6.54 Å².